The van der Waals surface area contributed by atoms with E-state index in [4.69, 9.17) is 4.74 Å². The second-order valence-corrected chi connectivity index (χ2v) is 8.18. The molecule has 0 bridgehead atoms. The van der Waals surface area contributed by atoms with E-state index in [1.165, 1.54) is 0 Å². The van der Waals surface area contributed by atoms with Crippen LogP contribution in [0.3, 0.4) is 0 Å². The quantitative estimate of drug-likeness (QED) is 0.702. The molecule has 0 spiro atoms. The predicted octanol–water partition coefficient (Wildman–Crippen LogP) is 0.972. The molecule has 3 atom stereocenters. The van der Waals surface area contributed by atoms with Crippen LogP contribution in [0.15, 0.2) is 0 Å². The molecule has 1 unspecified atom stereocenters. The second kappa shape index (κ2) is 6.96. The molecule has 1 aliphatic rings. The Morgan fingerprint density at radius 3 is 2.12 bits per heavy atom. The highest BCUT2D eigenvalue weighted by atomic mass is 16.6. The highest BCUT2D eigenvalue weighted by Gasteiger charge is 2.44. The van der Waals surface area contributed by atoms with Gasteiger partial charge >= 0.3 is 12.1 Å². The van der Waals surface area contributed by atoms with Crippen LogP contribution in [-0.2, 0) is 14.3 Å². The first-order chi connectivity index (χ1) is 10.7. The van der Waals surface area contributed by atoms with E-state index < -0.39 is 47.2 Å². The van der Waals surface area contributed by atoms with Crippen molar-refractivity contribution in [1.82, 2.24) is 10.2 Å². The van der Waals surface area contributed by atoms with E-state index in [1.807, 2.05) is 0 Å². The van der Waals surface area contributed by atoms with Crippen LogP contribution < -0.4 is 5.32 Å². The predicted molar refractivity (Wildman–Crippen MR) is 86.4 cm³/mol. The number of aliphatic hydroxyl groups is 1. The maximum absolute atomic E-state index is 12.8. The molecule has 1 aliphatic heterocycles. The minimum absolute atomic E-state index is 0.0234. The van der Waals surface area contributed by atoms with Gasteiger partial charge in [-0.1, -0.05) is 20.8 Å². The van der Waals surface area contributed by atoms with E-state index in [1.54, 1.807) is 41.5 Å². The number of nitrogens with zero attached hydrogens (tertiary/aromatic N) is 1. The zero-order valence-electron chi connectivity index (χ0n) is 15.1. The summed E-state index contributed by atoms with van der Waals surface area (Å²) >= 11 is 0. The number of aliphatic hydroxyl groups excluding tert-OH is 1. The van der Waals surface area contributed by atoms with Crippen LogP contribution >= 0.6 is 0 Å². The maximum Gasteiger partial charge on any atom is 0.408 e. The molecule has 2 amide bonds. The Bertz CT molecular complexity index is 506. The first-order valence-electron chi connectivity index (χ1n) is 7.93. The van der Waals surface area contributed by atoms with Gasteiger partial charge in [-0.05, 0) is 26.2 Å². The maximum atomic E-state index is 12.8. The van der Waals surface area contributed by atoms with Gasteiger partial charge in [0.05, 0.1) is 6.10 Å². The summed E-state index contributed by atoms with van der Waals surface area (Å²) in [6.45, 7) is 10.3. The Morgan fingerprint density at radius 1 is 1.17 bits per heavy atom. The Balaban J connectivity index is 2.98. The minimum Gasteiger partial charge on any atom is -0.480 e. The highest BCUT2D eigenvalue weighted by molar-refractivity contribution is 5.90. The summed E-state index contributed by atoms with van der Waals surface area (Å²) in [7, 11) is 0. The second-order valence-electron chi connectivity index (χ2n) is 8.18. The lowest BCUT2D eigenvalue weighted by atomic mass is 9.85. The number of carbonyl (C=O) groups excluding carboxylic acids is 2. The number of β-amino-alcohol motifs (C(OH)–C–C–N with tert-alkyl or cyclic N) is 1. The van der Waals surface area contributed by atoms with Crippen molar-refractivity contribution in [3.63, 3.8) is 0 Å². The van der Waals surface area contributed by atoms with Crippen LogP contribution in [0.2, 0.25) is 0 Å². The molecule has 1 fully saturated rings. The lowest BCUT2D eigenvalue weighted by Crippen LogP contribution is -2.57. The molecule has 0 aromatic rings. The topological polar surface area (TPSA) is 116 Å². The summed E-state index contributed by atoms with van der Waals surface area (Å²) in [4.78, 5) is 37.3. The number of aliphatic carboxylic acids is 1. The number of alkyl carbamates (subject to hydrolysis) is 1. The number of carbonyl (C=O) groups is 3. The number of rotatable bonds is 3. The Morgan fingerprint density at radius 2 is 1.71 bits per heavy atom. The third-order valence-corrected chi connectivity index (χ3v) is 3.62. The lowest BCUT2D eigenvalue weighted by Gasteiger charge is -2.35. The minimum atomic E-state index is -1.18. The Kier molecular flexibility index (Phi) is 5.86. The first-order valence-corrected chi connectivity index (χ1v) is 7.93. The van der Waals surface area contributed by atoms with E-state index in [0.717, 1.165) is 4.90 Å². The van der Waals surface area contributed by atoms with Crippen LogP contribution in [0.25, 0.3) is 0 Å². The van der Waals surface area contributed by atoms with Crippen molar-refractivity contribution >= 4 is 18.0 Å². The summed E-state index contributed by atoms with van der Waals surface area (Å²) in [6.07, 6.45) is -1.66. The highest BCUT2D eigenvalue weighted by Crippen LogP contribution is 2.26. The fraction of sp³-hybridized carbons (Fsp3) is 0.812. The van der Waals surface area contributed by atoms with Crippen molar-refractivity contribution in [2.24, 2.45) is 5.41 Å². The van der Waals surface area contributed by atoms with Crippen LogP contribution in [0.1, 0.15) is 48.0 Å². The summed E-state index contributed by atoms with van der Waals surface area (Å²) in [6, 6.07) is -2.07. The number of amides is 2. The molecule has 8 nitrogen and oxygen atoms in total. The fourth-order valence-corrected chi connectivity index (χ4v) is 2.53. The van der Waals surface area contributed by atoms with E-state index in [0.29, 0.717) is 0 Å². The molecule has 8 heteroatoms. The van der Waals surface area contributed by atoms with Gasteiger partial charge in [0.2, 0.25) is 5.91 Å². The number of nitrogens with one attached hydrogen (secondary N) is 1. The molecule has 0 saturated carbocycles. The third kappa shape index (κ3) is 5.36. The summed E-state index contributed by atoms with van der Waals surface area (Å²) in [5, 5.41) is 21.5. The van der Waals surface area contributed by atoms with Gasteiger partial charge in [0, 0.05) is 13.0 Å². The molecular formula is C16H28N2O6. The van der Waals surface area contributed by atoms with Gasteiger partial charge in [0.25, 0.3) is 0 Å². The van der Waals surface area contributed by atoms with E-state index in [2.05, 4.69) is 5.32 Å². The van der Waals surface area contributed by atoms with Crippen LogP contribution in [0, 0.1) is 5.41 Å². The van der Waals surface area contributed by atoms with Crippen LogP contribution in [-0.4, -0.2) is 63.4 Å². The molecular weight excluding hydrogens is 316 g/mol. The number of hydrogen-bond acceptors (Lipinski definition) is 5. The molecule has 24 heavy (non-hydrogen) atoms. The van der Waals surface area contributed by atoms with Crippen LogP contribution in [0.4, 0.5) is 4.79 Å². The van der Waals surface area contributed by atoms with Crippen molar-refractivity contribution in [2.45, 2.75) is 71.8 Å². The van der Waals surface area contributed by atoms with Gasteiger partial charge in [0.15, 0.2) is 0 Å². The molecule has 0 aromatic carbocycles. The molecule has 0 aromatic heterocycles. The average molecular weight is 344 g/mol. The zero-order valence-corrected chi connectivity index (χ0v) is 15.1. The first kappa shape index (κ1) is 20.2. The van der Waals surface area contributed by atoms with Crippen molar-refractivity contribution in [3.05, 3.63) is 0 Å². The van der Waals surface area contributed by atoms with Crippen LogP contribution in [0.5, 0.6) is 0 Å². The van der Waals surface area contributed by atoms with Gasteiger partial charge in [-0.3, -0.25) is 4.79 Å². The molecule has 138 valence electrons. The normalized spacial score (nSPS) is 22.9. The molecule has 0 aliphatic carbocycles. The molecule has 1 rings (SSSR count). The standard InChI is InChI=1S/C16H28N2O6/c1-15(2,3)11(17-14(23)24-16(4,5)6)12(20)18-8-9(19)7-10(18)13(21)22/h9-11,19H,7-8H2,1-6H3,(H,17,23)(H,21,22)/t9-,10+,11?/m1/s1. The largest absolute Gasteiger partial charge is 0.480 e. The zero-order chi connectivity index (χ0) is 18.9. The van der Waals surface area contributed by atoms with Gasteiger partial charge in [0.1, 0.15) is 17.7 Å². The molecule has 1 heterocycles. The van der Waals surface area contributed by atoms with Gasteiger partial charge in [-0.2, -0.15) is 0 Å². The SMILES string of the molecule is CC(C)(C)OC(=O)NC(C(=O)N1C[C@H](O)C[C@H]1C(=O)O)C(C)(C)C. The van der Waals surface area contributed by atoms with Gasteiger partial charge in [-0.15, -0.1) is 0 Å². The lowest BCUT2D eigenvalue weighted by molar-refractivity contribution is -0.150. The van der Waals surface area contributed by atoms with E-state index in [9.17, 15) is 24.6 Å². The summed E-state index contributed by atoms with van der Waals surface area (Å²) < 4.78 is 5.19. The van der Waals surface area contributed by atoms with Gasteiger partial charge in [-0.25, -0.2) is 9.59 Å². The summed E-state index contributed by atoms with van der Waals surface area (Å²) in [5.74, 6) is -1.72. The molecule has 1 saturated heterocycles. The Hall–Kier alpha value is -1.83. The smallest absolute Gasteiger partial charge is 0.408 e. The van der Waals surface area contributed by atoms with Crippen molar-refractivity contribution in [3.8, 4) is 0 Å². The monoisotopic (exact) mass is 344 g/mol. The van der Waals surface area contributed by atoms with Crippen molar-refractivity contribution < 1.29 is 29.3 Å². The molecule has 3 N–H and O–H groups in total. The third-order valence-electron chi connectivity index (χ3n) is 3.62. The molecule has 0 radical (unpaired) electrons. The van der Waals surface area contributed by atoms with Crippen molar-refractivity contribution in [2.75, 3.05) is 6.54 Å². The number of ether oxygens (including phenoxy) is 1. The fourth-order valence-electron chi connectivity index (χ4n) is 2.53. The van der Waals surface area contributed by atoms with E-state index >= 15 is 0 Å². The number of likely N-dealkylation sites (tertiary alicyclic amines) is 1. The summed E-state index contributed by atoms with van der Waals surface area (Å²) in [5.41, 5.74) is -1.38. The number of carboxylic acid groups (broad SMARTS) is 1. The van der Waals surface area contributed by atoms with E-state index in [-0.39, 0.29) is 13.0 Å². The Labute approximate surface area is 142 Å². The number of hydrogen-bond donors (Lipinski definition) is 3. The van der Waals surface area contributed by atoms with Crippen molar-refractivity contribution in [1.29, 1.82) is 0 Å². The number of carboxylic acids is 1. The average Bonchev–Trinajstić information content (AvgIpc) is 2.74. The van der Waals surface area contributed by atoms with Gasteiger partial charge < -0.3 is 25.2 Å².